The maximum Gasteiger partial charge on any atom is 0.0306 e. The summed E-state index contributed by atoms with van der Waals surface area (Å²) >= 11 is 0. The second kappa shape index (κ2) is 3.35. The molecule has 2 heteroatoms. The van der Waals surface area contributed by atoms with Crippen molar-refractivity contribution in [3.8, 4) is 0 Å². The van der Waals surface area contributed by atoms with Crippen LogP contribution >= 0.6 is 0 Å². The van der Waals surface area contributed by atoms with Crippen LogP contribution in [0.2, 0.25) is 0 Å². The van der Waals surface area contributed by atoms with E-state index in [0.717, 1.165) is 18.4 Å². The van der Waals surface area contributed by atoms with Gasteiger partial charge in [-0.05, 0) is 29.9 Å². The molecule has 2 N–H and O–H groups in total. The van der Waals surface area contributed by atoms with Gasteiger partial charge in [-0.3, -0.25) is 4.98 Å². The highest BCUT2D eigenvalue weighted by molar-refractivity contribution is 5.32. The van der Waals surface area contributed by atoms with E-state index in [1.54, 1.807) is 0 Å². The Morgan fingerprint density at radius 2 is 2.43 bits per heavy atom. The molecule has 2 atom stereocenters. The minimum atomic E-state index is 0.239. The fraction of sp³-hybridized carbons (Fsp3) is 0.583. The summed E-state index contributed by atoms with van der Waals surface area (Å²) in [6.45, 7) is 5.30. The van der Waals surface area contributed by atoms with E-state index in [1.807, 2.05) is 18.5 Å². The molecule has 1 aliphatic rings. The SMILES string of the molecule is CC(C)C1CC1(CN)c1cccnc1. The molecule has 0 bridgehead atoms. The highest BCUT2D eigenvalue weighted by atomic mass is 14.7. The van der Waals surface area contributed by atoms with Crippen molar-refractivity contribution < 1.29 is 0 Å². The summed E-state index contributed by atoms with van der Waals surface area (Å²) in [7, 11) is 0. The van der Waals surface area contributed by atoms with Gasteiger partial charge in [0.1, 0.15) is 0 Å². The van der Waals surface area contributed by atoms with Crippen molar-refractivity contribution in [2.45, 2.75) is 25.7 Å². The first-order valence-corrected chi connectivity index (χ1v) is 5.31. The van der Waals surface area contributed by atoms with Crippen LogP contribution in [-0.2, 0) is 5.41 Å². The lowest BCUT2D eigenvalue weighted by molar-refractivity contribution is 0.483. The van der Waals surface area contributed by atoms with Crippen molar-refractivity contribution in [2.75, 3.05) is 6.54 Å². The lowest BCUT2D eigenvalue weighted by Gasteiger charge is -2.16. The van der Waals surface area contributed by atoms with Crippen LogP contribution in [0, 0.1) is 11.8 Å². The van der Waals surface area contributed by atoms with Gasteiger partial charge in [0.15, 0.2) is 0 Å². The fourth-order valence-corrected chi connectivity index (χ4v) is 2.55. The van der Waals surface area contributed by atoms with E-state index in [1.165, 1.54) is 12.0 Å². The summed E-state index contributed by atoms with van der Waals surface area (Å²) in [6, 6.07) is 4.16. The second-order valence-corrected chi connectivity index (χ2v) is 4.66. The van der Waals surface area contributed by atoms with Crippen molar-refractivity contribution in [1.82, 2.24) is 4.98 Å². The van der Waals surface area contributed by atoms with Crippen molar-refractivity contribution >= 4 is 0 Å². The monoisotopic (exact) mass is 190 g/mol. The lowest BCUT2D eigenvalue weighted by atomic mass is 9.91. The smallest absolute Gasteiger partial charge is 0.0306 e. The van der Waals surface area contributed by atoms with Gasteiger partial charge in [-0.25, -0.2) is 0 Å². The Bertz CT molecular complexity index is 307. The quantitative estimate of drug-likeness (QED) is 0.791. The van der Waals surface area contributed by atoms with Crippen molar-refractivity contribution in [3.63, 3.8) is 0 Å². The van der Waals surface area contributed by atoms with Gasteiger partial charge in [0.25, 0.3) is 0 Å². The Morgan fingerprint density at radius 1 is 1.64 bits per heavy atom. The fourth-order valence-electron chi connectivity index (χ4n) is 2.55. The Balaban J connectivity index is 2.25. The number of pyridine rings is 1. The summed E-state index contributed by atoms with van der Waals surface area (Å²) in [6.07, 6.45) is 5.02. The zero-order valence-electron chi connectivity index (χ0n) is 8.90. The van der Waals surface area contributed by atoms with E-state index in [4.69, 9.17) is 5.73 Å². The first kappa shape index (κ1) is 9.66. The Hall–Kier alpha value is -0.890. The third-order valence-electron chi connectivity index (χ3n) is 3.54. The molecule has 0 radical (unpaired) electrons. The predicted molar refractivity (Wildman–Crippen MR) is 57.9 cm³/mol. The number of rotatable bonds is 3. The first-order valence-electron chi connectivity index (χ1n) is 5.31. The van der Waals surface area contributed by atoms with Crippen molar-refractivity contribution in [3.05, 3.63) is 30.1 Å². The van der Waals surface area contributed by atoms with Crippen LogP contribution in [-0.4, -0.2) is 11.5 Å². The molecule has 1 heterocycles. The number of hydrogen-bond acceptors (Lipinski definition) is 2. The average Bonchev–Trinajstić information content (AvgIpc) is 2.95. The average molecular weight is 190 g/mol. The lowest BCUT2D eigenvalue weighted by Crippen LogP contribution is -2.24. The molecule has 76 valence electrons. The summed E-state index contributed by atoms with van der Waals surface area (Å²) in [5, 5.41) is 0. The van der Waals surface area contributed by atoms with E-state index in [-0.39, 0.29) is 5.41 Å². The molecule has 0 aliphatic heterocycles. The van der Waals surface area contributed by atoms with Crippen LogP contribution < -0.4 is 5.73 Å². The Labute approximate surface area is 85.5 Å². The van der Waals surface area contributed by atoms with Gasteiger partial charge >= 0.3 is 0 Å². The zero-order chi connectivity index (χ0) is 10.2. The molecule has 0 spiro atoms. The first-order chi connectivity index (χ1) is 6.70. The third-order valence-corrected chi connectivity index (χ3v) is 3.54. The standard InChI is InChI=1S/C12H18N2/c1-9(2)11-6-12(11,8-13)10-4-3-5-14-7-10/h3-5,7,9,11H,6,8,13H2,1-2H3. The molecule has 1 aromatic heterocycles. The minimum Gasteiger partial charge on any atom is -0.330 e. The number of nitrogens with two attached hydrogens (primary N) is 1. The summed E-state index contributed by atoms with van der Waals surface area (Å²) in [5.41, 5.74) is 7.46. The molecule has 1 fully saturated rings. The van der Waals surface area contributed by atoms with Gasteiger partial charge in [0, 0.05) is 24.4 Å². The van der Waals surface area contributed by atoms with E-state index in [0.29, 0.717) is 0 Å². The van der Waals surface area contributed by atoms with Gasteiger partial charge in [-0.1, -0.05) is 19.9 Å². The van der Waals surface area contributed by atoms with Crippen LogP contribution in [0.25, 0.3) is 0 Å². The zero-order valence-corrected chi connectivity index (χ0v) is 8.90. The molecular weight excluding hydrogens is 172 g/mol. The van der Waals surface area contributed by atoms with Gasteiger partial charge in [-0.15, -0.1) is 0 Å². The topological polar surface area (TPSA) is 38.9 Å². The highest BCUT2D eigenvalue weighted by Gasteiger charge is 2.55. The van der Waals surface area contributed by atoms with Gasteiger partial charge in [0.2, 0.25) is 0 Å². The number of aromatic nitrogens is 1. The molecule has 1 saturated carbocycles. The van der Waals surface area contributed by atoms with Gasteiger partial charge in [-0.2, -0.15) is 0 Å². The predicted octanol–water partition coefficient (Wildman–Crippen LogP) is 1.95. The Morgan fingerprint density at radius 3 is 2.86 bits per heavy atom. The summed E-state index contributed by atoms with van der Waals surface area (Å²) in [4.78, 5) is 4.18. The molecule has 0 saturated heterocycles. The molecule has 0 aromatic carbocycles. The van der Waals surface area contributed by atoms with Crippen molar-refractivity contribution in [1.29, 1.82) is 0 Å². The molecule has 2 rings (SSSR count). The van der Waals surface area contributed by atoms with Gasteiger partial charge < -0.3 is 5.73 Å². The van der Waals surface area contributed by atoms with Crippen LogP contribution in [0.15, 0.2) is 24.5 Å². The van der Waals surface area contributed by atoms with Crippen molar-refractivity contribution in [2.24, 2.45) is 17.6 Å². The van der Waals surface area contributed by atoms with E-state index < -0.39 is 0 Å². The van der Waals surface area contributed by atoms with Crippen LogP contribution in [0.1, 0.15) is 25.8 Å². The van der Waals surface area contributed by atoms with Crippen LogP contribution in [0.3, 0.4) is 0 Å². The summed E-state index contributed by atoms with van der Waals surface area (Å²) in [5.74, 6) is 1.47. The number of nitrogens with zero attached hydrogens (tertiary/aromatic N) is 1. The molecule has 1 aliphatic carbocycles. The van der Waals surface area contributed by atoms with Crippen LogP contribution in [0.4, 0.5) is 0 Å². The van der Waals surface area contributed by atoms with Gasteiger partial charge in [0.05, 0.1) is 0 Å². The molecule has 1 aromatic rings. The van der Waals surface area contributed by atoms with E-state index in [9.17, 15) is 0 Å². The van der Waals surface area contributed by atoms with E-state index >= 15 is 0 Å². The largest absolute Gasteiger partial charge is 0.330 e. The molecule has 2 unspecified atom stereocenters. The molecule has 14 heavy (non-hydrogen) atoms. The van der Waals surface area contributed by atoms with E-state index in [2.05, 4.69) is 24.9 Å². The maximum atomic E-state index is 5.90. The summed E-state index contributed by atoms with van der Waals surface area (Å²) < 4.78 is 0. The molecule has 0 amide bonds. The second-order valence-electron chi connectivity index (χ2n) is 4.66. The Kier molecular flexibility index (Phi) is 2.31. The normalized spacial score (nSPS) is 30.7. The van der Waals surface area contributed by atoms with Crippen LogP contribution in [0.5, 0.6) is 0 Å². The minimum absolute atomic E-state index is 0.239. The number of hydrogen-bond donors (Lipinski definition) is 1. The highest BCUT2D eigenvalue weighted by Crippen LogP contribution is 2.56. The maximum absolute atomic E-state index is 5.90. The molecule has 2 nitrogen and oxygen atoms in total. The third kappa shape index (κ3) is 1.34. The molecular formula is C12H18N2.